The molecular formula is C51H80O4. The minimum absolute atomic E-state index is 0.443. The summed E-state index contributed by atoms with van der Waals surface area (Å²) in [5.74, 6) is 4.14. The molecule has 4 unspecified atom stereocenters. The van der Waals surface area contributed by atoms with Crippen molar-refractivity contribution in [3.8, 4) is 17.2 Å². The van der Waals surface area contributed by atoms with Gasteiger partial charge in [-0.15, -0.1) is 0 Å². The lowest BCUT2D eigenvalue weighted by Crippen LogP contribution is -2.35. The fourth-order valence-corrected chi connectivity index (χ4v) is 7.73. The van der Waals surface area contributed by atoms with Gasteiger partial charge in [0, 0.05) is 5.56 Å². The van der Waals surface area contributed by atoms with Gasteiger partial charge in [-0.3, -0.25) is 0 Å². The third-order valence-electron chi connectivity index (χ3n) is 11.9. The van der Waals surface area contributed by atoms with Crippen LogP contribution in [0.4, 0.5) is 0 Å². The summed E-state index contributed by atoms with van der Waals surface area (Å²) >= 11 is 0. The largest absolute Gasteiger partial charge is 0.489 e. The van der Waals surface area contributed by atoms with Gasteiger partial charge in [0.2, 0.25) is 5.75 Å². The molecule has 3 aromatic rings. The minimum atomic E-state index is -0.932. The van der Waals surface area contributed by atoms with Gasteiger partial charge in [0.05, 0.1) is 26.4 Å². The zero-order valence-electron chi connectivity index (χ0n) is 36.5. The van der Waals surface area contributed by atoms with E-state index in [0.29, 0.717) is 50.1 Å². The SMILES string of the molecule is CCCCC(CC)COc1ccc(C(OCC(CC)CCCC)(c2ccccc2)c2ccccc2)c(OCC(CC)CCCC)c1OCC(CC)CCCC. The predicted octanol–water partition coefficient (Wildman–Crippen LogP) is 15.0. The zero-order valence-corrected chi connectivity index (χ0v) is 36.5. The fraction of sp³-hybridized carbons (Fsp3) is 0.647. The molecule has 0 heterocycles. The van der Waals surface area contributed by atoms with Gasteiger partial charge in [-0.1, -0.05) is 193 Å². The second-order valence-corrected chi connectivity index (χ2v) is 16.1. The zero-order chi connectivity index (χ0) is 39.7. The summed E-state index contributed by atoms with van der Waals surface area (Å²) in [4.78, 5) is 0. The Kier molecular flexibility index (Phi) is 22.6. The molecule has 0 radical (unpaired) electrons. The molecule has 4 heteroatoms. The molecule has 0 saturated carbocycles. The molecule has 0 spiro atoms. The van der Waals surface area contributed by atoms with E-state index in [1.165, 1.54) is 57.8 Å². The number of rotatable bonds is 31. The molecule has 0 aliphatic rings. The van der Waals surface area contributed by atoms with E-state index in [4.69, 9.17) is 18.9 Å². The first-order valence-corrected chi connectivity index (χ1v) is 22.8. The predicted molar refractivity (Wildman–Crippen MR) is 235 cm³/mol. The summed E-state index contributed by atoms with van der Waals surface area (Å²) in [5, 5.41) is 0. The van der Waals surface area contributed by atoms with E-state index < -0.39 is 5.60 Å². The van der Waals surface area contributed by atoms with E-state index >= 15 is 0 Å². The first-order valence-electron chi connectivity index (χ1n) is 22.8. The molecule has 0 aliphatic carbocycles. The summed E-state index contributed by atoms with van der Waals surface area (Å²) < 4.78 is 28.8. The number of benzene rings is 3. The van der Waals surface area contributed by atoms with Crippen molar-refractivity contribution in [2.24, 2.45) is 23.7 Å². The Morgan fingerprint density at radius 1 is 0.418 bits per heavy atom. The Morgan fingerprint density at radius 2 is 0.800 bits per heavy atom. The number of unbranched alkanes of at least 4 members (excludes halogenated alkanes) is 4. The van der Waals surface area contributed by atoms with Crippen molar-refractivity contribution >= 4 is 0 Å². The highest BCUT2D eigenvalue weighted by atomic mass is 16.5. The molecule has 3 rings (SSSR count). The lowest BCUT2D eigenvalue weighted by Gasteiger charge is -2.39. The highest BCUT2D eigenvalue weighted by molar-refractivity contribution is 5.62. The summed E-state index contributed by atoms with van der Waals surface area (Å²) in [6.45, 7) is 20.9. The average Bonchev–Trinajstić information content (AvgIpc) is 3.23. The van der Waals surface area contributed by atoms with Gasteiger partial charge in [-0.05, 0) is 72.6 Å². The highest BCUT2D eigenvalue weighted by Gasteiger charge is 2.42. The lowest BCUT2D eigenvalue weighted by atomic mass is 9.79. The first-order chi connectivity index (χ1) is 26.9. The summed E-state index contributed by atoms with van der Waals surface area (Å²) in [5.41, 5.74) is 2.24. The molecule has 0 saturated heterocycles. The van der Waals surface area contributed by atoms with Crippen LogP contribution in [0.25, 0.3) is 0 Å². The lowest BCUT2D eigenvalue weighted by molar-refractivity contribution is -0.0128. The normalized spacial score (nSPS) is 14.0. The van der Waals surface area contributed by atoms with Gasteiger partial charge < -0.3 is 18.9 Å². The summed E-state index contributed by atoms with van der Waals surface area (Å²) in [6, 6.07) is 26.0. The van der Waals surface area contributed by atoms with Crippen molar-refractivity contribution in [1.82, 2.24) is 0 Å². The van der Waals surface area contributed by atoms with Crippen LogP contribution in [-0.2, 0) is 10.3 Å². The van der Waals surface area contributed by atoms with E-state index in [-0.39, 0.29) is 0 Å². The van der Waals surface area contributed by atoms with E-state index in [0.717, 1.165) is 78.9 Å². The Balaban J connectivity index is 2.37. The van der Waals surface area contributed by atoms with Crippen LogP contribution in [-0.4, -0.2) is 26.4 Å². The van der Waals surface area contributed by atoms with Gasteiger partial charge >= 0.3 is 0 Å². The quantitative estimate of drug-likeness (QED) is 0.0613. The Bertz CT molecular complexity index is 1350. The minimum Gasteiger partial charge on any atom is -0.489 e. The van der Waals surface area contributed by atoms with Crippen molar-refractivity contribution in [3.63, 3.8) is 0 Å². The molecule has 4 nitrogen and oxygen atoms in total. The molecule has 4 atom stereocenters. The van der Waals surface area contributed by atoms with Crippen LogP contribution < -0.4 is 14.2 Å². The van der Waals surface area contributed by atoms with Crippen molar-refractivity contribution in [1.29, 1.82) is 0 Å². The van der Waals surface area contributed by atoms with Crippen LogP contribution in [0, 0.1) is 23.7 Å². The van der Waals surface area contributed by atoms with E-state index in [9.17, 15) is 0 Å². The van der Waals surface area contributed by atoms with Crippen molar-refractivity contribution in [2.75, 3.05) is 26.4 Å². The van der Waals surface area contributed by atoms with Gasteiger partial charge in [0.25, 0.3) is 0 Å². The Morgan fingerprint density at radius 3 is 1.20 bits per heavy atom. The third kappa shape index (κ3) is 14.2. The standard InChI is InChI=1S/C51H80O4/c1-9-17-27-41(13-5)37-52-48-36-35-47(49(53-38-42(14-6)28-18-10-2)50(48)54-39-43(15-7)29-19-11-3)51(45-31-23-21-24-32-45,46-33-25-22-26-34-46)55-40-44(16-8)30-20-12-4/h21-26,31-36,41-44H,9-20,27-30,37-40H2,1-8H3. The van der Waals surface area contributed by atoms with Gasteiger partial charge in [-0.2, -0.15) is 0 Å². The number of hydrogen-bond acceptors (Lipinski definition) is 4. The maximum Gasteiger partial charge on any atom is 0.204 e. The maximum atomic E-state index is 7.56. The molecular weight excluding hydrogens is 677 g/mol. The van der Waals surface area contributed by atoms with E-state index in [1.807, 2.05) is 0 Å². The van der Waals surface area contributed by atoms with Crippen molar-refractivity contribution < 1.29 is 18.9 Å². The van der Waals surface area contributed by atoms with Crippen LogP contribution >= 0.6 is 0 Å². The maximum absolute atomic E-state index is 7.56. The first kappa shape index (κ1) is 46.4. The van der Waals surface area contributed by atoms with Crippen LogP contribution in [0.2, 0.25) is 0 Å². The molecule has 3 aromatic carbocycles. The molecule has 308 valence electrons. The average molecular weight is 757 g/mol. The summed E-state index contributed by atoms with van der Waals surface area (Å²) in [7, 11) is 0. The Labute approximate surface area is 338 Å². The Hall–Kier alpha value is -2.98. The molecule has 0 fully saturated rings. The second kappa shape index (κ2) is 26.8. The topological polar surface area (TPSA) is 36.9 Å². The molecule has 0 aromatic heterocycles. The molecule has 0 aliphatic heterocycles. The smallest absolute Gasteiger partial charge is 0.204 e. The van der Waals surface area contributed by atoms with Crippen molar-refractivity contribution in [3.05, 3.63) is 89.5 Å². The third-order valence-corrected chi connectivity index (χ3v) is 11.9. The number of hydrogen-bond donors (Lipinski definition) is 0. The van der Waals surface area contributed by atoms with Gasteiger partial charge in [0.15, 0.2) is 11.5 Å². The van der Waals surface area contributed by atoms with Crippen LogP contribution in [0.15, 0.2) is 72.8 Å². The van der Waals surface area contributed by atoms with Crippen LogP contribution in [0.1, 0.15) is 175 Å². The van der Waals surface area contributed by atoms with Crippen LogP contribution in [0.5, 0.6) is 17.2 Å². The second-order valence-electron chi connectivity index (χ2n) is 16.1. The number of ether oxygens (including phenoxy) is 4. The summed E-state index contributed by atoms with van der Waals surface area (Å²) in [6.07, 6.45) is 18.5. The molecule has 55 heavy (non-hydrogen) atoms. The molecule has 0 amide bonds. The van der Waals surface area contributed by atoms with Crippen LogP contribution in [0.3, 0.4) is 0 Å². The fourth-order valence-electron chi connectivity index (χ4n) is 7.73. The molecule has 0 N–H and O–H groups in total. The van der Waals surface area contributed by atoms with Crippen molar-refractivity contribution in [2.45, 2.75) is 164 Å². The van der Waals surface area contributed by atoms with Gasteiger partial charge in [-0.25, -0.2) is 0 Å². The van der Waals surface area contributed by atoms with Gasteiger partial charge in [0.1, 0.15) is 5.60 Å². The highest BCUT2D eigenvalue weighted by Crippen LogP contribution is 2.51. The molecule has 0 bridgehead atoms. The van der Waals surface area contributed by atoms with E-state index in [1.54, 1.807) is 0 Å². The monoisotopic (exact) mass is 757 g/mol. The van der Waals surface area contributed by atoms with E-state index in [2.05, 4.69) is 128 Å².